The van der Waals surface area contributed by atoms with Gasteiger partial charge in [-0.3, -0.25) is 39.4 Å². The molecule has 0 saturated heterocycles. The maximum Gasteiger partial charge on any atom is 0.413 e. The van der Waals surface area contributed by atoms with Crippen molar-refractivity contribution >= 4 is 94.2 Å². The Kier molecular flexibility index (Phi) is 30.6. The van der Waals surface area contributed by atoms with Crippen LogP contribution >= 0.6 is 0 Å². The first-order chi connectivity index (χ1) is 52.1. The first kappa shape index (κ1) is 86.2. The summed E-state index contributed by atoms with van der Waals surface area (Å²) in [7, 11) is 0. The van der Waals surface area contributed by atoms with Gasteiger partial charge in [0.1, 0.15) is 132 Å². The average molecular weight is 1530 g/mol. The Balaban J connectivity index is 1.16. The Morgan fingerprint density at radius 3 is 0.532 bits per heavy atom. The molecular weight excluding hydrogens is 1430 g/mol. The highest BCUT2D eigenvalue weighted by Gasteiger charge is 2.26. The molecule has 0 atom stereocenters. The average Bonchev–Trinajstić information content (AvgIpc) is 0.834. The Morgan fingerprint density at radius 2 is 0.387 bits per heavy atom. The molecule has 0 radical (unpaired) electrons. The fourth-order valence-corrected chi connectivity index (χ4v) is 9.07. The molecule has 7 heterocycles. The van der Waals surface area contributed by atoms with Gasteiger partial charge in [-0.2, -0.15) is 0 Å². The van der Waals surface area contributed by atoms with E-state index in [4.69, 9.17) is 42.6 Å². The molecule has 32 heteroatoms. The summed E-state index contributed by atoms with van der Waals surface area (Å²) in [6, 6.07) is 19.6. The standard InChI is InChI=1S/C79H103N15O17/c1-42(2)35-103-49-21-56(70(95)87-62-27-52(106-38-45(7)8)29-64(83-62)89-72(97)58-23-50(104-36-43(3)4)25-60(81-58)74(99)91-66-31-54(108-40-47(11)12)33-68(85-66)93-76(101)110-78(15,16)17)80-57(22-49)71(96)88-63-28-53(107-39-46(9)10)30-65(84-63)90-73(98)59-24-51(105-37-44(5)6)26-61(82-59)75(100)92-67-32-55(109-41-48(13)14)34-69(86-67)94-77(102)111-79(18,19)20/h21-34,42-48H,35-41H2,1-20H3,(H2,83,87,89,95,97)(H2,84,88,90,96,98)(H2,85,91,93,99,101)(H2,86,92,94,100,102). The minimum absolute atomic E-state index is 0.00653. The number of carbonyl (C=O) groups is 8. The fraction of sp³-hybridized carbons (Fsp3) is 0.456. The quantitative estimate of drug-likeness (QED) is 0.0183. The van der Waals surface area contributed by atoms with Gasteiger partial charge >= 0.3 is 12.2 Å². The van der Waals surface area contributed by atoms with Gasteiger partial charge in [0.25, 0.3) is 35.4 Å². The molecule has 0 saturated carbocycles. The maximum absolute atomic E-state index is 14.6. The van der Waals surface area contributed by atoms with Crippen LogP contribution < -0.4 is 75.7 Å². The number of rotatable bonds is 35. The zero-order chi connectivity index (χ0) is 81.6. The summed E-state index contributed by atoms with van der Waals surface area (Å²) in [6.45, 7) is 38.8. The van der Waals surface area contributed by atoms with E-state index in [1.165, 1.54) is 84.9 Å². The SMILES string of the molecule is CC(C)COc1cc(NC(=O)OC(C)(C)C)nc(NC(=O)c2cc(OCC(C)C)cc(C(=O)Nc3cc(OCC(C)C)cc(NC(=O)c4cc(OCC(C)C)cc(C(=O)Nc5cc(OCC(C)C)cc(NC(=O)c6cc(OCC(C)C)cc(C(=O)Nc7cc(OCC(C)C)cc(NC(=O)OC(C)(C)C)n7)n6)n5)n4)n3)n2)c1. The number of pyridine rings is 7. The summed E-state index contributed by atoms with van der Waals surface area (Å²) in [5.41, 5.74) is -3.36. The molecule has 32 nitrogen and oxygen atoms in total. The van der Waals surface area contributed by atoms with E-state index in [0.29, 0.717) is 13.2 Å². The van der Waals surface area contributed by atoms with E-state index in [0.717, 1.165) is 0 Å². The van der Waals surface area contributed by atoms with E-state index in [-0.39, 0.29) is 195 Å². The van der Waals surface area contributed by atoms with E-state index in [9.17, 15) is 38.4 Å². The third-order valence-corrected chi connectivity index (χ3v) is 13.8. The molecule has 7 aromatic rings. The van der Waals surface area contributed by atoms with Crippen molar-refractivity contribution < 1.29 is 81.0 Å². The van der Waals surface area contributed by atoms with Crippen LogP contribution in [-0.4, -0.2) is 140 Å². The van der Waals surface area contributed by atoms with Gasteiger partial charge in [0.15, 0.2) is 0 Å². The first-order valence-electron chi connectivity index (χ1n) is 36.6. The summed E-state index contributed by atoms with van der Waals surface area (Å²) < 4.78 is 53.1. The molecule has 0 bridgehead atoms. The van der Waals surface area contributed by atoms with Crippen molar-refractivity contribution in [3.8, 4) is 40.2 Å². The van der Waals surface area contributed by atoms with E-state index in [1.54, 1.807) is 41.5 Å². The highest BCUT2D eigenvalue weighted by molar-refractivity contribution is 6.09. The van der Waals surface area contributed by atoms with Gasteiger partial charge in [0.2, 0.25) is 0 Å². The third kappa shape index (κ3) is 30.2. The third-order valence-electron chi connectivity index (χ3n) is 13.8. The number of nitrogens with one attached hydrogen (secondary N) is 8. The molecule has 0 aliphatic rings. The summed E-state index contributed by atoms with van der Waals surface area (Å²) in [5.74, 6) is -4.08. The van der Waals surface area contributed by atoms with Gasteiger partial charge in [0.05, 0.1) is 46.2 Å². The number of amides is 8. The molecular formula is C79H103N15O17. The van der Waals surface area contributed by atoms with Crippen molar-refractivity contribution in [3.63, 3.8) is 0 Å². The summed E-state index contributed by atoms with van der Waals surface area (Å²) in [6.07, 6.45) is -1.59. The van der Waals surface area contributed by atoms with Crippen molar-refractivity contribution in [2.24, 2.45) is 41.4 Å². The van der Waals surface area contributed by atoms with Gasteiger partial charge in [-0.25, -0.2) is 44.5 Å². The van der Waals surface area contributed by atoms with E-state index in [1.807, 2.05) is 96.9 Å². The molecule has 7 rings (SSSR count). The van der Waals surface area contributed by atoms with Crippen molar-refractivity contribution in [3.05, 3.63) is 119 Å². The lowest BCUT2D eigenvalue weighted by atomic mass is 10.2. The predicted molar refractivity (Wildman–Crippen MR) is 419 cm³/mol. The molecule has 7 aromatic heterocycles. The van der Waals surface area contributed by atoms with Crippen LogP contribution in [0.3, 0.4) is 0 Å². The molecule has 111 heavy (non-hydrogen) atoms. The predicted octanol–water partition coefficient (Wildman–Crippen LogP) is 14.9. The largest absolute Gasteiger partial charge is 0.493 e. The topological polar surface area (TPSA) is 406 Å². The Bertz CT molecular complexity index is 4190. The number of ether oxygens (including phenoxy) is 9. The molecule has 0 aromatic carbocycles. The van der Waals surface area contributed by atoms with E-state index < -0.39 is 58.8 Å². The second-order valence-corrected chi connectivity index (χ2v) is 30.9. The lowest BCUT2D eigenvalue weighted by molar-refractivity contribution is 0.0624. The molecule has 0 aliphatic heterocycles. The van der Waals surface area contributed by atoms with Gasteiger partial charge in [-0.05, 0) is 83.0 Å². The van der Waals surface area contributed by atoms with Gasteiger partial charge in [0, 0.05) is 84.9 Å². The van der Waals surface area contributed by atoms with Gasteiger partial charge < -0.3 is 74.5 Å². The molecule has 0 aliphatic carbocycles. The monoisotopic (exact) mass is 1530 g/mol. The number of carbonyl (C=O) groups excluding carboxylic acids is 8. The minimum atomic E-state index is -0.879. The van der Waals surface area contributed by atoms with Crippen LogP contribution in [0.5, 0.6) is 40.2 Å². The Labute approximate surface area is 646 Å². The first-order valence-corrected chi connectivity index (χ1v) is 36.6. The lowest BCUT2D eigenvalue weighted by Gasteiger charge is -2.20. The van der Waals surface area contributed by atoms with Crippen LogP contribution in [0.15, 0.2) is 84.9 Å². The van der Waals surface area contributed by atoms with Crippen LogP contribution in [0.2, 0.25) is 0 Å². The zero-order valence-electron chi connectivity index (χ0n) is 66.6. The number of aromatic nitrogens is 7. The highest BCUT2D eigenvalue weighted by atomic mass is 16.6. The summed E-state index contributed by atoms with van der Waals surface area (Å²) >= 11 is 0. The smallest absolute Gasteiger partial charge is 0.413 e. The Hall–Kier alpha value is -12.0. The zero-order valence-corrected chi connectivity index (χ0v) is 66.6. The molecule has 8 N–H and O–H groups in total. The number of nitrogens with zero attached hydrogens (tertiary/aromatic N) is 7. The van der Waals surface area contributed by atoms with Crippen molar-refractivity contribution in [2.45, 2.75) is 150 Å². The normalized spacial score (nSPS) is 11.5. The molecule has 0 fully saturated rings. The second-order valence-electron chi connectivity index (χ2n) is 30.9. The number of hydrogen-bond donors (Lipinski definition) is 8. The second kappa shape index (κ2) is 39.4. The van der Waals surface area contributed by atoms with Crippen molar-refractivity contribution in [1.82, 2.24) is 34.9 Å². The van der Waals surface area contributed by atoms with Crippen LogP contribution in [0.4, 0.5) is 56.1 Å². The van der Waals surface area contributed by atoms with Crippen LogP contribution in [0.25, 0.3) is 0 Å². The van der Waals surface area contributed by atoms with Crippen LogP contribution in [-0.2, 0) is 9.47 Å². The number of anilines is 8. The van der Waals surface area contributed by atoms with Crippen molar-refractivity contribution in [2.75, 3.05) is 88.8 Å². The van der Waals surface area contributed by atoms with E-state index >= 15 is 0 Å². The summed E-state index contributed by atoms with van der Waals surface area (Å²) in [4.78, 5) is 143. The molecule has 596 valence electrons. The maximum atomic E-state index is 14.6. The molecule has 0 unspecified atom stereocenters. The minimum Gasteiger partial charge on any atom is -0.493 e. The molecule has 0 spiro atoms. The fourth-order valence-electron chi connectivity index (χ4n) is 9.07. The van der Waals surface area contributed by atoms with Crippen molar-refractivity contribution in [1.29, 1.82) is 0 Å². The lowest BCUT2D eigenvalue weighted by Crippen LogP contribution is -2.27. The van der Waals surface area contributed by atoms with Gasteiger partial charge in [-0.1, -0.05) is 96.9 Å². The van der Waals surface area contributed by atoms with Crippen LogP contribution in [0.1, 0.15) is 201 Å². The van der Waals surface area contributed by atoms with E-state index in [2.05, 4.69) is 77.4 Å². The van der Waals surface area contributed by atoms with Gasteiger partial charge in [-0.15, -0.1) is 0 Å². The Morgan fingerprint density at radius 1 is 0.243 bits per heavy atom. The number of hydrogen-bond acceptors (Lipinski definition) is 24. The van der Waals surface area contributed by atoms with Crippen LogP contribution in [0, 0.1) is 41.4 Å². The summed E-state index contributed by atoms with van der Waals surface area (Å²) in [5, 5.41) is 21.3. The highest BCUT2D eigenvalue weighted by Crippen LogP contribution is 2.30. The molecule has 8 amide bonds.